The van der Waals surface area contributed by atoms with Crippen LogP contribution in [-0.4, -0.2) is 21.2 Å². The lowest BCUT2D eigenvalue weighted by atomic mass is 10.1. The summed E-state index contributed by atoms with van der Waals surface area (Å²) in [6, 6.07) is 10.8. The van der Waals surface area contributed by atoms with Gasteiger partial charge < -0.3 is 9.88 Å². The fourth-order valence-corrected chi connectivity index (χ4v) is 3.70. The van der Waals surface area contributed by atoms with Crippen molar-refractivity contribution in [3.63, 3.8) is 0 Å². The van der Waals surface area contributed by atoms with Crippen LogP contribution in [0.4, 0.5) is 18.9 Å². The Labute approximate surface area is 162 Å². The van der Waals surface area contributed by atoms with Crippen LogP contribution in [0.5, 0.6) is 0 Å². The molecule has 0 aliphatic rings. The summed E-state index contributed by atoms with van der Waals surface area (Å²) in [7, 11) is 0. The zero-order valence-electron chi connectivity index (χ0n) is 14.2. The molecule has 0 atom stereocenters. The molecule has 9 heteroatoms. The number of para-hydroxylation sites is 2. The number of aryl methyl sites for hydroxylation is 1. The molecule has 0 unspecified atom stereocenters. The normalized spacial score (nSPS) is 11.7. The maximum atomic E-state index is 13.1. The number of hydrogen-bond acceptors (Lipinski definition) is 3. The molecule has 142 valence electrons. The molecular weight excluding hydrogens is 399 g/mol. The number of hydrogen-bond donors (Lipinski definition) is 1. The number of anilines is 1. The lowest BCUT2D eigenvalue weighted by molar-refractivity contribution is -0.137. The maximum Gasteiger partial charge on any atom is 0.418 e. The molecule has 1 amide bonds. The van der Waals surface area contributed by atoms with E-state index in [1.165, 1.54) is 17.8 Å². The summed E-state index contributed by atoms with van der Waals surface area (Å²) in [6.07, 6.45) is -4.61. The lowest BCUT2D eigenvalue weighted by Gasteiger charge is -2.14. The Bertz CT molecular complexity index is 988. The van der Waals surface area contributed by atoms with Crippen molar-refractivity contribution in [3.8, 4) is 0 Å². The number of carbonyl (C=O) groups excluding carboxylic acids is 1. The molecule has 1 heterocycles. The number of benzene rings is 2. The summed E-state index contributed by atoms with van der Waals surface area (Å²) in [5.41, 5.74) is 0.454. The Morgan fingerprint density at radius 2 is 2.00 bits per heavy atom. The van der Waals surface area contributed by atoms with E-state index in [0.717, 1.165) is 23.2 Å². The van der Waals surface area contributed by atoms with Gasteiger partial charge in [0.2, 0.25) is 5.91 Å². The summed E-state index contributed by atoms with van der Waals surface area (Å²) in [5.74, 6) is -0.619. The quantitative estimate of drug-likeness (QED) is 0.565. The first-order valence-corrected chi connectivity index (χ1v) is 9.40. The minimum Gasteiger partial charge on any atom is -0.325 e. The predicted molar refractivity (Wildman–Crippen MR) is 101 cm³/mol. The third-order valence-electron chi connectivity index (χ3n) is 3.83. The van der Waals surface area contributed by atoms with Gasteiger partial charge >= 0.3 is 6.18 Å². The number of amides is 1. The monoisotopic (exact) mass is 413 g/mol. The number of aromatic nitrogens is 2. The Morgan fingerprint density at radius 3 is 2.70 bits per heavy atom. The third kappa shape index (κ3) is 4.39. The van der Waals surface area contributed by atoms with Crippen molar-refractivity contribution in [3.05, 3.63) is 53.1 Å². The van der Waals surface area contributed by atoms with Crippen molar-refractivity contribution in [2.24, 2.45) is 0 Å². The van der Waals surface area contributed by atoms with Crippen LogP contribution in [0.3, 0.4) is 0 Å². The Morgan fingerprint density at radius 1 is 1.26 bits per heavy atom. The van der Waals surface area contributed by atoms with E-state index in [2.05, 4.69) is 10.3 Å². The van der Waals surface area contributed by atoms with Gasteiger partial charge in [-0.3, -0.25) is 4.79 Å². The second kappa shape index (κ2) is 7.82. The van der Waals surface area contributed by atoms with Crippen molar-refractivity contribution in [2.45, 2.75) is 24.8 Å². The number of carbonyl (C=O) groups is 1. The number of alkyl halides is 3. The molecule has 2 aromatic carbocycles. The molecule has 0 aliphatic heterocycles. The van der Waals surface area contributed by atoms with E-state index < -0.39 is 17.6 Å². The molecule has 0 bridgehead atoms. The number of fused-ring (bicyclic) bond motifs is 1. The summed E-state index contributed by atoms with van der Waals surface area (Å²) in [5, 5.41) is 2.90. The maximum absolute atomic E-state index is 13.1. The second-order valence-corrected chi connectivity index (χ2v) is 7.03. The molecular formula is C18H15ClF3N3OS. The number of nitrogens with one attached hydrogen (secondary N) is 1. The Balaban J connectivity index is 1.75. The molecule has 27 heavy (non-hydrogen) atoms. The lowest BCUT2D eigenvalue weighted by Crippen LogP contribution is -2.18. The number of halogens is 4. The second-order valence-electron chi connectivity index (χ2n) is 5.65. The van der Waals surface area contributed by atoms with Crippen LogP contribution < -0.4 is 5.32 Å². The van der Waals surface area contributed by atoms with Crippen LogP contribution >= 0.6 is 23.4 Å². The highest BCUT2D eigenvalue weighted by atomic mass is 35.5. The van der Waals surface area contributed by atoms with Gasteiger partial charge in [-0.2, -0.15) is 13.2 Å². The molecule has 3 rings (SSSR count). The van der Waals surface area contributed by atoms with E-state index in [1.54, 1.807) is 0 Å². The SMILES string of the molecule is CCn1c(SCC(=O)Nc2ccc(Cl)cc2C(F)(F)F)nc2ccccc21. The van der Waals surface area contributed by atoms with E-state index in [0.29, 0.717) is 11.7 Å². The molecule has 3 aromatic rings. The van der Waals surface area contributed by atoms with Crippen molar-refractivity contribution < 1.29 is 18.0 Å². The zero-order valence-corrected chi connectivity index (χ0v) is 15.8. The van der Waals surface area contributed by atoms with Crippen molar-refractivity contribution in [1.29, 1.82) is 0 Å². The molecule has 0 saturated carbocycles. The number of rotatable bonds is 5. The summed E-state index contributed by atoms with van der Waals surface area (Å²) in [6.45, 7) is 2.63. The molecule has 0 saturated heterocycles. The minimum atomic E-state index is -4.61. The molecule has 1 N–H and O–H groups in total. The summed E-state index contributed by atoms with van der Waals surface area (Å²) >= 11 is 6.82. The molecule has 1 aromatic heterocycles. The van der Waals surface area contributed by atoms with Gasteiger partial charge in [0.25, 0.3) is 0 Å². The van der Waals surface area contributed by atoms with Crippen molar-refractivity contribution in [1.82, 2.24) is 9.55 Å². The van der Waals surface area contributed by atoms with E-state index in [4.69, 9.17) is 11.6 Å². The van der Waals surface area contributed by atoms with Gasteiger partial charge in [-0.1, -0.05) is 35.5 Å². The fraction of sp³-hybridized carbons (Fsp3) is 0.222. The third-order valence-corrected chi connectivity index (χ3v) is 5.04. The van der Waals surface area contributed by atoms with E-state index in [1.807, 2.05) is 35.8 Å². The molecule has 0 aliphatic carbocycles. The highest BCUT2D eigenvalue weighted by Crippen LogP contribution is 2.36. The molecule has 4 nitrogen and oxygen atoms in total. The van der Waals surface area contributed by atoms with Crippen molar-refractivity contribution >= 4 is 46.0 Å². The summed E-state index contributed by atoms with van der Waals surface area (Å²) < 4.78 is 41.3. The van der Waals surface area contributed by atoms with Crippen LogP contribution in [0.2, 0.25) is 5.02 Å². The van der Waals surface area contributed by atoms with Crippen LogP contribution in [0.1, 0.15) is 12.5 Å². The minimum absolute atomic E-state index is 0.0497. The molecule has 0 spiro atoms. The highest BCUT2D eigenvalue weighted by molar-refractivity contribution is 7.99. The van der Waals surface area contributed by atoms with Crippen molar-refractivity contribution in [2.75, 3.05) is 11.1 Å². The van der Waals surface area contributed by atoms with Crippen LogP contribution in [0, 0.1) is 0 Å². The Kier molecular flexibility index (Phi) is 5.67. The van der Waals surface area contributed by atoms with Gasteiger partial charge in [0.15, 0.2) is 5.16 Å². The molecule has 0 radical (unpaired) electrons. The average Bonchev–Trinajstić information content (AvgIpc) is 2.98. The first kappa shape index (κ1) is 19.6. The van der Waals surface area contributed by atoms with Gasteiger partial charge in [-0.05, 0) is 37.3 Å². The first-order chi connectivity index (χ1) is 12.8. The molecule has 0 fully saturated rings. The van der Waals surface area contributed by atoms with Gasteiger partial charge in [-0.25, -0.2) is 4.98 Å². The van der Waals surface area contributed by atoms with Gasteiger partial charge in [0, 0.05) is 11.6 Å². The van der Waals surface area contributed by atoms with Gasteiger partial charge in [0.05, 0.1) is 28.0 Å². The van der Waals surface area contributed by atoms with E-state index in [-0.39, 0.29) is 16.5 Å². The highest BCUT2D eigenvalue weighted by Gasteiger charge is 2.34. The Hall–Kier alpha value is -2.19. The van der Waals surface area contributed by atoms with Crippen LogP contribution in [0.15, 0.2) is 47.6 Å². The largest absolute Gasteiger partial charge is 0.418 e. The standard InChI is InChI=1S/C18H15ClF3N3OS/c1-2-25-15-6-4-3-5-14(15)24-17(25)27-10-16(26)23-13-8-7-11(19)9-12(13)18(20,21)22/h3-9H,2,10H2,1H3,(H,23,26). The van der Waals surface area contributed by atoms with Crippen LogP contribution in [0.25, 0.3) is 11.0 Å². The van der Waals surface area contributed by atoms with Crippen LogP contribution in [-0.2, 0) is 17.5 Å². The number of nitrogens with zero attached hydrogens (tertiary/aromatic N) is 2. The summed E-state index contributed by atoms with van der Waals surface area (Å²) in [4.78, 5) is 16.7. The van der Waals surface area contributed by atoms with Gasteiger partial charge in [0.1, 0.15) is 0 Å². The van der Waals surface area contributed by atoms with E-state index in [9.17, 15) is 18.0 Å². The van der Waals surface area contributed by atoms with E-state index >= 15 is 0 Å². The first-order valence-electron chi connectivity index (χ1n) is 8.04. The smallest absolute Gasteiger partial charge is 0.325 e. The predicted octanol–water partition coefficient (Wildman–Crippen LogP) is 5.46. The zero-order chi connectivity index (χ0) is 19.6. The fourth-order valence-electron chi connectivity index (χ4n) is 2.65. The topological polar surface area (TPSA) is 46.9 Å². The number of thioether (sulfide) groups is 1. The average molecular weight is 414 g/mol. The number of imidazole rings is 1. The van der Waals surface area contributed by atoms with Gasteiger partial charge in [-0.15, -0.1) is 0 Å².